The van der Waals surface area contributed by atoms with Gasteiger partial charge in [-0.05, 0) is 37.9 Å². The minimum Gasteiger partial charge on any atom is -0.456 e. The van der Waals surface area contributed by atoms with Crippen LogP contribution in [0.5, 0.6) is 11.5 Å². The van der Waals surface area contributed by atoms with Gasteiger partial charge in [-0.3, -0.25) is 0 Å². The number of hydrogen-bond donors (Lipinski definition) is 0. The highest BCUT2D eigenvalue weighted by molar-refractivity contribution is 8.08. The molecule has 0 saturated heterocycles. The topological polar surface area (TPSA) is 72.9 Å². The van der Waals surface area contributed by atoms with Crippen LogP contribution in [0.25, 0.3) is 22.1 Å². The van der Waals surface area contributed by atoms with Crippen molar-refractivity contribution >= 4 is 33.9 Å². The van der Waals surface area contributed by atoms with Crippen LogP contribution in [-0.4, -0.2) is 30.8 Å². The lowest BCUT2D eigenvalue weighted by molar-refractivity contribution is 0.377. The fraction of sp³-hybridized carbons (Fsp3) is 0.238. The van der Waals surface area contributed by atoms with E-state index in [9.17, 15) is 9.59 Å². The summed E-state index contributed by atoms with van der Waals surface area (Å²) in [7, 11) is 2.08. The predicted octanol–water partition coefficient (Wildman–Crippen LogP) is 4.03. The van der Waals surface area contributed by atoms with Gasteiger partial charge in [0, 0.05) is 22.8 Å². The summed E-state index contributed by atoms with van der Waals surface area (Å²) in [5.74, 6) is 2.16. The Kier molecular flexibility index (Phi) is 5.11. The summed E-state index contributed by atoms with van der Waals surface area (Å²) < 4.78 is 16.4. The molecule has 0 N–H and O–H groups in total. The van der Waals surface area contributed by atoms with E-state index in [4.69, 9.17) is 13.6 Å². The van der Waals surface area contributed by atoms with E-state index in [2.05, 4.69) is 18.9 Å². The third-order valence-electron chi connectivity index (χ3n) is 4.60. The Morgan fingerprint density at radius 2 is 1.79 bits per heavy atom. The third-order valence-corrected chi connectivity index (χ3v) is 5.64. The average Bonchev–Trinajstić information content (AvgIpc) is 2.86. The maximum absolute atomic E-state index is 11.7. The first-order valence-corrected chi connectivity index (χ1v) is 9.96. The second kappa shape index (κ2) is 7.69. The molecule has 1 aliphatic heterocycles. The van der Waals surface area contributed by atoms with Crippen molar-refractivity contribution in [3.63, 3.8) is 0 Å². The van der Waals surface area contributed by atoms with Gasteiger partial charge >= 0.3 is 11.3 Å². The number of rotatable bonds is 5. The monoisotopic (exact) mass is 397 g/mol. The Hall–Kier alpha value is -2.77. The molecule has 4 rings (SSSR count). The molecule has 3 aromatic rings. The zero-order valence-electron chi connectivity index (χ0n) is 15.6. The lowest BCUT2D eigenvalue weighted by Gasteiger charge is -2.14. The normalized spacial score (nSPS) is 12.9. The number of benzene rings is 2. The van der Waals surface area contributed by atoms with E-state index >= 15 is 0 Å². The van der Waals surface area contributed by atoms with E-state index < -0.39 is 11.3 Å². The molecule has 0 spiro atoms. The summed E-state index contributed by atoms with van der Waals surface area (Å²) >= 11 is 1.70. The van der Waals surface area contributed by atoms with Crippen LogP contribution in [0.3, 0.4) is 0 Å². The van der Waals surface area contributed by atoms with Crippen LogP contribution >= 0.6 is 11.8 Å². The highest BCUT2D eigenvalue weighted by Crippen LogP contribution is 2.44. The van der Waals surface area contributed by atoms with Gasteiger partial charge in [-0.15, -0.1) is 11.8 Å². The maximum Gasteiger partial charge on any atom is 0.423 e. The first-order valence-electron chi connectivity index (χ1n) is 8.98. The van der Waals surface area contributed by atoms with Crippen molar-refractivity contribution in [3.05, 3.63) is 68.4 Å². The summed E-state index contributed by atoms with van der Waals surface area (Å²) in [6, 6.07) is 11.1. The van der Waals surface area contributed by atoms with E-state index in [1.807, 2.05) is 30.3 Å². The number of para-hydroxylation sites is 1. The van der Waals surface area contributed by atoms with Crippen molar-refractivity contribution in [1.29, 1.82) is 0 Å². The minimum absolute atomic E-state index is 0.207. The van der Waals surface area contributed by atoms with Crippen molar-refractivity contribution in [1.82, 2.24) is 4.90 Å². The Labute approximate surface area is 165 Å². The van der Waals surface area contributed by atoms with Crippen molar-refractivity contribution in [3.8, 4) is 11.5 Å². The fourth-order valence-electron chi connectivity index (χ4n) is 2.92. The van der Waals surface area contributed by atoms with Gasteiger partial charge in [-0.2, -0.15) is 0 Å². The number of hydrogen-bond acceptors (Lipinski definition) is 7. The van der Waals surface area contributed by atoms with Gasteiger partial charge in [0.25, 0.3) is 0 Å². The van der Waals surface area contributed by atoms with Crippen LogP contribution in [0.1, 0.15) is 18.1 Å². The quantitative estimate of drug-likeness (QED) is 0.602. The molecule has 0 saturated carbocycles. The molecule has 0 bridgehead atoms. The zero-order valence-corrected chi connectivity index (χ0v) is 16.4. The number of nitrogens with zero attached hydrogens (tertiary/aromatic N) is 1. The molecular weight excluding hydrogens is 378 g/mol. The number of fused-ring (bicyclic) bond motifs is 4. The summed E-state index contributed by atoms with van der Waals surface area (Å²) in [5.41, 5.74) is -0.0826. The van der Waals surface area contributed by atoms with E-state index in [0.29, 0.717) is 11.3 Å². The van der Waals surface area contributed by atoms with Crippen molar-refractivity contribution < 1.29 is 13.6 Å². The van der Waals surface area contributed by atoms with E-state index in [0.717, 1.165) is 35.1 Å². The summed E-state index contributed by atoms with van der Waals surface area (Å²) in [5, 5.41) is 0. The lowest BCUT2D eigenvalue weighted by Crippen LogP contribution is -2.21. The van der Waals surface area contributed by atoms with Crippen molar-refractivity contribution in [2.75, 3.05) is 25.9 Å². The fourth-order valence-corrected chi connectivity index (χ4v) is 4.07. The van der Waals surface area contributed by atoms with Crippen molar-refractivity contribution in [2.45, 2.75) is 6.92 Å². The lowest BCUT2D eigenvalue weighted by atomic mass is 10.1. The largest absolute Gasteiger partial charge is 0.456 e. The van der Waals surface area contributed by atoms with E-state index in [1.54, 1.807) is 23.9 Å². The Balaban J connectivity index is 1.85. The van der Waals surface area contributed by atoms with Gasteiger partial charge in [-0.1, -0.05) is 25.1 Å². The summed E-state index contributed by atoms with van der Waals surface area (Å²) in [6.07, 6.45) is 1.93. The second-order valence-corrected chi connectivity index (χ2v) is 7.57. The van der Waals surface area contributed by atoms with Gasteiger partial charge in [0.15, 0.2) is 11.2 Å². The Bertz CT molecular complexity index is 1180. The zero-order chi connectivity index (χ0) is 19.7. The van der Waals surface area contributed by atoms with Crippen molar-refractivity contribution in [2.24, 2.45) is 0 Å². The van der Waals surface area contributed by atoms with Gasteiger partial charge in [0.2, 0.25) is 0 Å². The molecular formula is C21H19NO5S. The molecule has 0 fully saturated rings. The number of thioether (sulfide) groups is 1. The smallest absolute Gasteiger partial charge is 0.423 e. The summed E-state index contributed by atoms with van der Waals surface area (Å²) in [6.45, 7) is 4.04. The maximum atomic E-state index is 11.7. The van der Waals surface area contributed by atoms with Crippen LogP contribution in [0.2, 0.25) is 0 Å². The minimum atomic E-state index is -1.03. The highest BCUT2D eigenvalue weighted by atomic mass is 32.2. The Morgan fingerprint density at radius 3 is 2.61 bits per heavy atom. The van der Waals surface area contributed by atoms with E-state index in [1.165, 1.54) is 0 Å². The second-order valence-electron chi connectivity index (χ2n) is 6.43. The summed E-state index contributed by atoms with van der Waals surface area (Å²) in [4.78, 5) is 26.5. The first kappa shape index (κ1) is 18.6. The predicted molar refractivity (Wildman–Crippen MR) is 111 cm³/mol. The molecule has 0 atom stereocenters. The molecule has 28 heavy (non-hydrogen) atoms. The third kappa shape index (κ3) is 3.50. The van der Waals surface area contributed by atoms with Gasteiger partial charge in [-0.25, -0.2) is 9.59 Å². The molecule has 0 amide bonds. The molecule has 1 aliphatic rings. The SMILES string of the molecule is CCN(C)CCSC1=Cc2c(ccc3oc(=O)c(=O)oc23)Oc2ccccc21. The van der Waals surface area contributed by atoms with Gasteiger partial charge in [0.1, 0.15) is 11.5 Å². The molecule has 144 valence electrons. The molecule has 6 nitrogen and oxygen atoms in total. The molecule has 1 aromatic heterocycles. The van der Waals surface area contributed by atoms with Gasteiger partial charge in [0.05, 0.1) is 5.56 Å². The van der Waals surface area contributed by atoms with Crippen LogP contribution in [0, 0.1) is 0 Å². The molecule has 0 radical (unpaired) electrons. The molecule has 2 aromatic carbocycles. The average molecular weight is 397 g/mol. The van der Waals surface area contributed by atoms with Crippen LogP contribution < -0.4 is 16.0 Å². The van der Waals surface area contributed by atoms with Crippen LogP contribution in [-0.2, 0) is 0 Å². The van der Waals surface area contributed by atoms with Crippen LogP contribution in [0.15, 0.2) is 54.8 Å². The molecule has 0 aliphatic carbocycles. The number of ether oxygens (including phenoxy) is 1. The highest BCUT2D eigenvalue weighted by Gasteiger charge is 2.21. The molecule has 0 unspecified atom stereocenters. The van der Waals surface area contributed by atoms with Gasteiger partial charge < -0.3 is 18.5 Å². The standard InChI is InChI=1S/C21H19NO5S/c1-3-22(2)10-11-28-18-12-14-16(25-15-7-5-4-6-13(15)18)8-9-17-19(14)27-21(24)20(23)26-17/h4-9,12H,3,10-11H2,1-2H3. The first-order chi connectivity index (χ1) is 13.6. The van der Waals surface area contributed by atoms with E-state index in [-0.39, 0.29) is 11.2 Å². The molecule has 2 heterocycles. The Morgan fingerprint density at radius 1 is 1.00 bits per heavy atom. The molecule has 7 heteroatoms. The van der Waals surface area contributed by atoms with Crippen LogP contribution in [0.4, 0.5) is 0 Å².